The molecule has 1 saturated carbocycles. The summed E-state index contributed by atoms with van der Waals surface area (Å²) < 4.78 is 0. The Morgan fingerprint density at radius 1 is 1.29 bits per heavy atom. The standard InChI is InChI=1S/C15H26N6/c16-14-18-13(8-15(17,19-14)7-11-3-4-11)21-9-12(10-21)20-5-1-2-6-20/h8,11-12H,1-7,9-10,17H2,(H3,16,18,19). The van der Waals surface area contributed by atoms with Crippen LogP contribution < -0.4 is 16.8 Å². The molecule has 6 heteroatoms. The van der Waals surface area contributed by atoms with Crippen LogP contribution in [0.5, 0.6) is 0 Å². The second-order valence-electron chi connectivity index (χ2n) is 7.09. The van der Waals surface area contributed by atoms with Crippen LogP contribution in [0.15, 0.2) is 16.9 Å². The fourth-order valence-electron chi connectivity index (χ4n) is 3.74. The van der Waals surface area contributed by atoms with Crippen LogP contribution in [-0.2, 0) is 0 Å². The van der Waals surface area contributed by atoms with Gasteiger partial charge in [0.25, 0.3) is 0 Å². The molecule has 2 saturated heterocycles. The second kappa shape index (κ2) is 4.88. The summed E-state index contributed by atoms with van der Waals surface area (Å²) in [4.78, 5) is 9.38. The van der Waals surface area contributed by atoms with Gasteiger partial charge in [-0.3, -0.25) is 4.90 Å². The van der Waals surface area contributed by atoms with Gasteiger partial charge in [-0.05, 0) is 44.3 Å². The van der Waals surface area contributed by atoms with Gasteiger partial charge in [0.2, 0.25) is 0 Å². The molecule has 0 spiro atoms. The zero-order valence-corrected chi connectivity index (χ0v) is 12.6. The Hall–Kier alpha value is -1.27. The lowest BCUT2D eigenvalue weighted by molar-refractivity contribution is 0.0699. The number of hydrogen-bond donors (Lipinski definition) is 3. The Balaban J connectivity index is 1.40. The average molecular weight is 290 g/mol. The molecular weight excluding hydrogens is 264 g/mol. The molecule has 5 N–H and O–H groups in total. The Bertz CT molecular complexity index is 471. The van der Waals surface area contributed by atoms with Crippen LogP contribution >= 0.6 is 0 Å². The molecule has 0 radical (unpaired) electrons. The van der Waals surface area contributed by atoms with Crippen LogP contribution in [0, 0.1) is 5.92 Å². The largest absolute Gasteiger partial charge is 0.370 e. The molecule has 21 heavy (non-hydrogen) atoms. The molecule has 3 heterocycles. The summed E-state index contributed by atoms with van der Waals surface area (Å²) in [5, 5.41) is 3.19. The van der Waals surface area contributed by atoms with Gasteiger partial charge in [-0.1, -0.05) is 12.8 Å². The van der Waals surface area contributed by atoms with E-state index in [4.69, 9.17) is 11.5 Å². The fourth-order valence-corrected chi connectivity index (χ4v) is 3.74. The summed E-state index contributed by atoms with van der Waals surface area (Å²) in [7, 11) is 0. The van der Waals surface area contributed by atoms with Crippen molar-refractivity contribution < 1.29 is 0 Å². The minimum absolute atomic E-state index is 0.459. The molecule has 1 aliphatic carbocycles. The van der Waals surface area contributed by atoms with Crippen LogP contribution in [0.2, 0.25) is 0 Å². The Morgan fingerprint density at radius 2 is 2.00 bits per heavy atom. The highest BCUT2D eigenvalue weighted by Crippen LogP contribution is 2.38. The van der Waals surface area contributed by atoms with Gasteiger partial charge in [0, 0.05) is 19.1 Å². The SMILES string of the molecule is NC1=NC(N)(CC2CC2)C=C(N2CC(N3CCCC3)C2)N1. The highest BCUT2D eigenvalue weighted by atomic mass is 15.4. The van der Waals surface area contributed by atoms with Gasteiger partial charge in [0.05, 0.1) is 0 Å². The van der Waals surface area contributed by atoms with Crippen LogP contribution in [0.25, 0.3) is 0 Å². The van der Waals surface area contributed by atoms with E-state index in [0.29, 0.717) is 12.0 Å². The van der Waals surface area contributed by atoms with Crippen LogP contribution in [0.4, 0.5) is 0 Å². The average Bonchev–Trinajstić information content (AvgIpc) is 2.99. The highest BCUT2D eigenvalue weighted by molar-refractivity contribution is 5.81. The van der Waals surface area contributed by atoms with Crippen LogP contribution in [0.1, 0.15) is 32.1 Å². The molecule has 116 valence electrons. The Kier molecular flexibility index (Phi) is 3.11. The van der Waals surface area contributed by atoms with Gasteiger partial charge >= 0.3 is 0 Å². The topological polar surface area (TPSA) is 82.9 Å². The number of nitrogens with one attached hydrogen (secondary N) is 1. The maximum Gasteiger partial charge on any atom is 0.196 e. The third-order valence-corrected chi connectivity index (χ3v) is 5.14. The van der Waals surface area contributed by atoms with Crippen molar-refractivity contribution in [1.82, 2.24) is 15.1 Å². The normalized spacial score (nSPS) is 34.2. The zero-order valence-electron chi connectivity index (χ0n) is 12.6. The van der Waals surface area contributed by atoms with E-state index in [-0.39, 0.29) is 0 Å². The van der Waals surface area contributed by atoms with E-state index < -0.39 is 5.66 Å². The smallest absolute Gasteiger partial charge is 0.196 e. The Morgan fingerprint density at radius 3 is 2.67 bits per heavy atom. The van der Waals surface area contributed by atoms with E-state index in [1.807, 2.05) is 0 Å². The van der Waals surface area contributed by atoms with Crippen molar-refractivity contribution in [3.63, 3.8) is 0 Å². The zero-order chi connectivity index (χ0) is 14.4. The van der Waals surface area contributed by atoms with Crippen molar-refractivity contribution in [2.75, 3.05) is 26.2 Å². The molecule has 0 aromatic carbocycles. The summed E-state index contributed by atoms with van der Waals surface area (Å²) in [6.07, 6.45) is 8.27. The van der Waals surface area contributed by atoms with Crippen LogP contribution in [0.3, 0.4) is 0 Å². The molecule has 6 nitrogen and oxygen atoms in total. The minimum atomic E-state index is -0.607. The number of hydrogen-bond acceptors (Lipinski definition) is 6. The van der Waals surface area contributed by atoms with Gasteiger partial charge in [0.15, 0.2) is 5.96 Å². The lowest BCUT2D eigenvalue weighted by Gasteiger charge is -2.47. The summed E-state index contributed by atoms with van der Waals surface area (Å²) >= 11 is 0. The molecular formula is C15H26N6. The summed E-state index contributed by atoms with van der Waals surface area (Å²) in [6.45, 7) is 4.67. The molecule has 0 bridgehead atoms. The monoisotopic (exact) mass is 290 g/mol. The van der Waals surface area contributed by atoms with Crippen molar-refractivity contribution in [3.05, 3.63) is 11.9 Å². The van der Waals surface area contributed by atoms with Crippen molar-refractivity contribution in [2.24, 2.45) is 22.4 Å². The first kappa shape index (κ1) is 13.4. The first-order valence-corrected chi connectivity index (χ1v) is 8.24. The second-order valence-corrected chi connectivity index (χ2v) is 7.09. The minimum Gasteiger partial charge on any atom is -0.370 e. The number of aliphatic imine (C=N–C) groups is 1. The molecule has 3 fully saturated rings. The molecule has 3 aliphatic heterocycles. The van der Waals surface area contributed by atoms with Gasteiger partial charge < -0.3 is 21.7 Å². The molecule has 1 atom stereocenters. The first-order valence-electron chi connectivity index (χ1n) is 8.24. The van der Waals surface area contributed by atoms with E-state index in [9.17, 15) is 0 Å². The van der Waals surface area contributed by atoms with E-state index in [1.165, 1.54) is 38.8 Å². The fraction of sp³-hybridized carbons (Fsp3) is 0.800. The molecule has 0 aromatic rings. The molecule has 1 unspecified atom stereocenters. The number of rotatable bonds is 4. The quantitative estimate of drug-likeness (QED) is 0.678. The maximum absolute atomic E-state index is 6.43. The molecule has 4 aliphatic rings. The number of guanidine groups is 1. The maximum atomic E-state index is 6.43. The number of likely N-dealkylation sites (tertiary alicyclic amines) is 2. The first-order chi connectivity index (χ1) is 10.1. The third-order valence-electron chi connectivity index (χ3n) is 5.14. The molecule has 4 rings (SSSR count). The Labute approximate surface area is 126 Å². The van der Waals surface area contributed by atoms with E-state index in [0.717, 1.165) is 31.2 Å². The van der Waals surface area contributed by atoms with Gasteiger partial charge in [-0.15, -0.1) is 0 Å². The molecule has 0 amide bonds. The van der Waals surface area contributed by atoms with E-state index in [2.05, 4.69) is 26.2 Å². The van der Waals surface area contributed by atoms with E-state index >= 15 is 0 Å². The van der Waals surface area contributed by atoms with Crippen molar-refractivity contribution >= 4 is 5.96 Å². The van der Waals surface area contributed by atoms with Crippen molar-refractivity contribution in [1.29, 1.82) is 0 Å². The summed E-state index contributed by atoms with van der Waals surface area (Å²) in [5.74, 6) is 2.25. The van der Waals surface area contributed by atoms with E-state index in [1.54, 1.807) is 0 Å². The van der Waals surface area contributed by atoms with Gasteiger partial charge in [-0.2, -0.15) is 0 Å². The van der Waals surface area contributed by atoms with Gasteiger partial charge in [-0.25, -0.2) is 4.99 Å². The highest BCUT2D eigenvalue weighted by Gasteiger charge is 2.39. The summed E-state index contributed by atoms with van der Waals surface area (Å²) in [5.41, 5.74) is 11.8. The number of nitrogens with two attached hydrogens (primary N) is 2. The molecule has 0 aromatic heterocycles. The summed E-state index contributed by atoms with van der Waals surface area (Å²) in [6, 6.07) is 0.700. The predicted molar refractivity (Wildman–Crippen MR) is 83.3 cm³/mol. The van der Waals surface area contributed by atoms with Gasteiger partial charge in [0.1, 0.15) is 11.5 Å². The van der Waals surface area contributed by atoms with Crippen molar-refractivity contribution in [3.8, 4) is 0 Å². The van der Waals surface area contributed by atoms with Crippen LogP contribution in [-0.4, -0.2) is 53.6 Å². The van der Waals surface area contributed by atoms with Crippen molar-refractivity contribution in [2.45, 2.75) is 43.8 Å². The third kappa shape index (κ3) is 2.74. The lowest BCUT2D eigenvalue weighted by Crippen LogP contribution is -2.61. The lowest BCUT2D eigenvalue weighted by atomic mass is 10.0. The number of nitrogens with zero attached hydrogens (tertiary/aromatic N) is 3. The predicted octanol–water partition coefficient (Wildman–Crippen LogP) is -0.0192.